The van der Waals surface area contributed by atoms with Crippen LogP contribution in [0.1, 0.15) is 22.3 Å². The van der Waals surface area contributed by atoms with Gasteiger partial charge in [-0.15, -0.1) is 0 Å². The fourth-order valence-corrected chi connectivity index (χ4v) is 3.61. The lowest BCUT2D eigenvalue weighted by atomic mass is 10.2. The Morgan fingerprint density at radius 3 is 2.57 bits per heavy atom. The molecule has 0 unspecified atom stereocenters. The normalized spacial score (nSPS) is 10.9. The van der Waals surface area contributed by atoms with Crippen LogP contribution in [-0.2, 0) is 11.3 Å². The molecule has 0 atom stereocenters. The second-order valence-corrected chi connectivity index (χ2v) is 8.24. The van der Waals surface area contributed by atoms with Crippen molar-refractivity contribution in [2.75, 3.05) is 32.0 Å². The maximum absolute atomic E-state index is 12.0. The number of pyridine rings is 1. The Balaban J connectivity index is 1.70. The Morgan fingerprint density at radius 2 is 1.93 bits per heavy atom. The Hall–Kier alpha value is -1.84. The van der Waals surface area contributed by atoms with Gasteiger partial charge in [0.15, 0.2) is 0 Å². The first-order valence-electron chi connectivity index (χ1n) is 9.25. The van der Waals surface area contributed by atoms with Crippen LogP contribution in [0.3, 0.4) is 0 Å². The second-order valence-electron chi connectivity index (χ2n) is 6.43. The van der Waals surface area contributed by atoms with E-state index in [1.165, 1.54) is 24.0 Å². The predicted octanol–water partition coefficient (Wildman–Crippen LogP) is 3.18. The van der Waals surface area contributed by atoms with Crippen LogP contribution in [0.25, 0.3) is 0 Å². The number of carbonyl (C=O) groups excluding carboxylic acids is 1. The predicted molar refractivity (Wildman–Crippen MR) is 118 cm³/mol. The first kappa shape index (κ1) is 24.4. The number of aliphatic hydroxyl groups excluding tert-OH is 1. The van der Waals surface area contributed by atoms with Crippen molar-refractivity contribution in [2.45, 2.75) is 18.0 Å². The van der Waals surface area contributed by atoms with Crippen LogP contribution < -0.4 is 5.32 Å². The van der Waals surface area contributed by atoms with Gasteiger partial charge in [-0.3, -0.25) is 9.69 Å². The zero-order valence-corrected chi connectivity index (χ0v) is 18.5. The highest BCUT2D eigenvalue weighted by molar-refractivity contribution is 7.99. The molecule has 2 rings (SSSR count). The van der Waals surface area contributed by atoms with Gasteiger partial charge >= 0.3 is 5.97 Å². The highest BCUT2D eigenvalue weighted by Crippen LogP contribution is 2.23. The molecule has 0 aliphatic carbocycles. The van der Waals surface area contributed by atoms with Gasteiger partial charge in [0.05, 0.1) is 33.0 Å². The number of benzene rings is 1. The molecule has 162 valence electrons. The lowest BCUT2D eigenvalue weighted by molar-refractivity contribution is -0.118. The minimum absolute atomic E-state index is 0.0397. The molecular weight excluding hydrogens is 449 g/mol. The van der Waals surface area contributed by atoms with Gasteiger partial charge in [-0.05, 0) is 36.2 Å². The van der Waals surface area contributed by atoms with Crippen LogP contribution >= 0.6 is 35.0 Å². The summed E-state index contributed by atoms with van der Waals surface area (Å²) >= 11 is 13.2. The monoisotopic (exact) mass is 471 g/mol. The fraction of sp³-hybridized carbons (Fsp3) is 0.350. The van der Waals surface area contributed by atoms with Crippen molar-refractivity contribution >= 4 is 46.8 Å². The molecule has 1 amide bonds. The highest BCUT2D eigenvalue weighted by atomic mass is 35.5. The first-order valence-corrected chi connectivity index (χ1v) is 11.0. The van der Waals surface area contributed by atoms with E-state index in [2.05, 4.69) is 15.2 Å². The standard InChI is InChI=1S/C20H23Cl2N3O4S/c21-16-4-2-14(10-17(16)22)12-25(8-9-26)7-1-6-23-18(27)13-30-19-5-3-15(11-24-19)20(28)29/h2-5,10-11,26H,1,6-9,12-13H2,(H,23,27)(H,28,29). The molecule has 0 saturated carbocycles. The van der Waals surface area contributed by atoms with Crippen LogP contribution in [0.15, 0.2) is 41.6 Å². The van der Waals surface area contributed by atoms with Crippen LogP contribution in [0.5, 0.6) is 0 Å². The Bertz CT molecular complexity index is 852. The average molecular weight is 472 g/mol. The number of carbonyl (C=O) groups is 2. The molecule has 1 aromatic heterocycles. The fourth-order valence-electron chi connectivity index (χ4n) is 2.62. The lowest BCUT2D eigenvalue weighted by Crippen LogP contribution is -2.32. The molecule has 30 heavy (non-hydrogen) atoms. The van der Waals surface area contributed by atoms with E-state index in [1.54, 1.807) is 12.1 Å². The Morgan fingerprint density at radius 1 is 1.13 bits per heavy atom. The smallest absolute Gasteiger partial charge is 0.337 e. The molecule has 0 saturated heterocycles. The Kier molecular flexibility index (Phi) is 10.4. The van der Waals surface area contributed by atoms with Crippen LogP contribution in [0, 0.1) is 0 Å². The Labute approximate surface area is 189 Å². The summed E-state index contributed by atoms with van der Waals surface area (Å²) in [6.07, 6.45) is 2.00. The van der Waals surface area contributed by atoms with Gasteiger partial charge < -0.3 is 15.5 Å². The summed E-state index contributed by atoms with van der Waals surface area (Å²) in [7, 11) is 0. The number of aromatic carboxylic acids is 1. The summed E-state index contributed by atoms with van der Waals surface area (Å²) in [5, 5.41) is 22.6. The zero-order valence-electron chi connectivity index (χ0n) is 16.2. The van der Waals surface area contributed by atoms with Gasteiger partial charge in [0.2, 0.25) is 5.91 Å². The summed E-state index contributed by atoms with van der Waals surface area (Å²) in [6, 6.07) is 8.49. The third kappa shape index (κ3) is 8.49. The van der Waals surface area contributed by atoms with Crippen molar-refractivity contribution in [3.05, 3.63) is 57.7 Å². The molecule has 2 aromatic rings. The zero-order chi connectivity index (χ0) is 21.9. The molecule has 1 aromatic carbocycles. The molecule has 7 nitrogen and oxygen atoms in total. The molecule has 3 N–H and O–H groups in total. The van der Waals surface area contributed by atoms with Gasteiger partial charge in [-0.25, -0.2) is 9.78 Å². The summed E-state index contributed by atoms with van der Waals surface area (Å²) in [6.45, 7) is 2.39. The highest BCUT2D eigenvalue weighted by Gasteiger charge is 2.09. The molecule has 0 radical (unpaired) electrons. The number of hydrogen-bond acceptors (Lipinski definition) is 6. The summed E-state index contributed by atoms with van der Waals surface area (Å²) < 4.78 is 0. The van der Waals surface area contributed by atoms with Crippen LogP contribution in [-0.4, -0.2) is 64.0 Å². The number of thioether (sulfide) groups is 1. The minimum atomic E-state index is -1.04. The number of aliphatic hydroxyl groups is 1. The molecule has 0 bridgehead atoms. The van der Waals surface area contributed by atoms with Gasteiger partial charge in [0, 0.05) is 32.4 Å². The van der Waals surface area contributed by atoms with E-state index < -0.39 is 5.97 Å². The molecule has 1 heterocycles. The number of rotatable bonds is 12. The number of carboxylic acids is 1. The third-order valence-electron chi connectivity index (χ3n) is 4.11. The number of hydrogen-bond donors (Lipinski definition) is 3. The molecular formula is C20H23Cl2N3O4S. The number of nitrogens with one attached hydrogen (secondary N) is 1. The van der Waals surface area contributed by atoms with Crippen LogP contribution in [0.2, 0.25) is 10.0 Å². The second kappa shape index (κ2) is 12.8. The van der Waals surface area contributed by atoms with Crippen LogP contribution in [0.4, 0.5) is 0 Å². The minimum Gasteiger partial charge on any atom is -0.478 e. The van der Waals surface area contributed by atoms with E-state index in [1.807, 2.05) is 12.1 Å². The van der Waals surface area contributed by atoms with Crippen molar-refractivity contribution in [1.82, 2.24) is 15.2 Å². The summed E-state index contributed by atoms with van der Waals surface area (Å²) in [5.41, 5.74) is 1.11. The first-order chi connectivity index (χ1) is 14.4. The van der Waals surface area contributed by atoms with E-state index in [0.29, 0.717) is 41.3 Å². The quantitative estimate of drug-likeness (QED) is 0.322. The number of nitrogens with zero attached hydrogens (tertiary/aromatic N) is 2. The molecule has 10 heteroatoms. The maximum Gasteiger partial charge on any atom is 0.337 e. The van der Waals surface area contributed by atoms with Crippen molar-refractivity contribution < 1.29 is 19.8 Å². The van der Waals surface area contributed by atoms with E-state index in [4.69, 9.17) is 28.3 Å². The van der Waals surface area contributed by atoms with Crippen molar-refractivity contribution in [2.24, 2.45) is 0 Å². The largest absolute Gasteiger partial charge is 0.478 e. The van der Waals surface area contributed by atoms with Gasteiger partial charge in [0.1, 0.15) is 0 Å². The average Bonchev–Trinajstić information content (AvgIpc) is 2.72. The van der Waals surface area contributed by atoms with E-state index in [9.17, 15) is 14.7 Å². The van der Waals surface area contributed by atoms with Crippen molar-refractivity contribution in [3.8, 4) is 0 Å². The molecule has 0 spiro atoms. The van der Waals surface area contributed by atoms with Gasteiger partial charge in [0.25, 0.3) is 0 Å². The number of amides is 1. The molecule has 0 fully saturated rings. The summed E-state index contributed by atoms with van der Waals surface area (Å²) in [5.74, 6) is -0.961. The summed E-state index contributed by atoms with van der Waals surface area (Å²) in [4.78, 5) is 28.9. The SMILES string of the molecule is O=C(CSc1ccc(C(=O)O)cn1)NCCCN(CCO)Cc1ccc(Cl)c(Cl)c1. The van der Waals surface area contributed by atoms with E-state index in [-0.39, 0.29) is 23.8 Å². The maximum atomic E-state index is 12.0. The van der Waals surface area contributed by atoms with E-state index >= 15 is 0 Å². The lowest BCUT2D eigenvalue weighted by Gasteiger charge is -2.21. The van der Waals surface area contributed by atoms with Gasteiger partial charge in [-0.1, -0.05) is 41.0 Å². The van der Waals surface area contributed by atoms with Gasteiger partial charge in [-0.2, -0.15) is 0 Å². The number of aromatic nitrogens is 1. The third-order valence-corrected chi connectivity index (χ3v) is 5.80. The van der Waals surface area contributed by atoms with Crippen molar-refractivity contribution in [3.63, 3.8) is 0 Å². The number of halogens is 2. The van der Waals surface area contributed by atoms with E-state index in [0.717, 1.165) is 12.0 Å². The molecule has 0 aliphatic rings. The topological polar surface area (TPSA) is 103 Å². The molecule has 0 aliphatic heterocycles. The number of carboxylic acid groups (broad SMARTS) is 1. The van der Waals surface area contributed by atoms with Crippen molar-refractivity contribution in [1.29, 1.82) is 0 Å².